The van der Waals surface area contributed by atoms with E-state index in [2.05, 4.69) is 34.3 Å². The van der Waals surface area contributed by atoms with E-state index in [1.165, 1.54) is 0 Å². The number of hydrogen-bond acceptors (Lipinski definition) is 3. The number of hydrogen-bond donors (Lipinski definition) is 2. The molecule has 1 aliphatic heterocycles. The molecule has 1 saturated heterocycles. The van der Waals surface area contributed by atoms with Crippen LogP contribution in [0.2, 0.25) is 0 Å². The number of benzene rings is 3. The Balaban J connectivity index is 1.39. The lowest BCUT2D eigenvalue weighted by atomic mass is 9.87. The van der Waals surface area contributed by atoms with Crippen LogP contribution in [0.15, 0.2) is 72.8 Å². The molecule has 7 heteroatoms. The van der Waals surface area contributed by atoms with E-state index in [0.717, 1.165) is 33.3 Å². The van der Waals surface area contributed by atoms with Crippen LogP contribution in [0.25, 0.3) is 21.8 Å². The third kappa shape index (κ3) is 3.32. The zero-order valence-electron chi connectivity index (χ0n) is 19.2. The second-order valence-electron chi connectivity index (χ2n) is 8.49. The van der Waals surface area contributed by atoms with Crippen molar-refractivity contribution in [2.75, 3.05) is 11.9 Å². The van der Waals surface area contributed by atoms with E-state index in [4.69, 9.17) is 0 Å². The normalized spacial score (nSPS) is 18.0. The van der Waals surface area contributed by atoms with Crippen molar-refractivity contribution in [3.63, 3.8) is 0 Å². The molecule has 1 aliphatic rings. The number of fused-ring (bicyclic) bond motifs is 3. The quantitative estimate of drug-likeness (QED) is 0.417. The van der Waals surface area contributed by atoms with Crippen LogP contribution in [0.4, 0.5) is 10.5 Å². The molecule has 0 saturated carbocycles. The lowest BCUT2D eigenvalue weighted by molar-refractivity contribution is -0.134. The Morgan fingerprint density at radius 3 is 2.35 bits per heavy atom. The average Bonchev–Trinajstić information content (AvgIpc) is 3.31. The Kier molecular flexibility index (Phi) is 5.32. The highest BCUT2D eigenvalue weighted by Crippen LogP contribution is 2.33. The van der Waals surface area contributed by atoms with E-state index in [9.17, 15) is 14.4 Å². The number of carbonyl (C=O) groups excluding carboxylic acids is 3. The Bertz CT molecular complexity index is 1430. The van der Waals surface area contributed by atoms with Crippen LogP contribution in [-0.2, 0) is 21.7 Å². The Morgan fingerprint density at radius 1 is 0.912 bits per heavy atom. The van der Waals surface area contributed by atoms with Crippen molar-refractivity contribution in [1.82, 2.24) is 14.8 Å². The maximum absolute atomic E-state index is 13.3. The van der Waals surface area contributed by atoms with Gasteiger partial charge in [0.15, 0.2) is 0 Å². The molecule has 0 bridgehead atoms. The summed E-state index contributed by atoms with van der Waals surface area (Å²) >= 11 is 0. The SMILES string of the molecule is CCn1c2ccccc2c2cc(NC(=O)CN3C(=O)NC(CC)(c4ccccc4)C3=O)ccc21. The van der Waals surface area contributed by atoms with Gasteiger partial charge in [-0.05, 0) is 43.2 Å². The number of nitrogens with zero attached hydrogens (tertiary/aromatic N) is 2. The van der Waals surface area contributed by atoms with E-state index in [1.807, 2.05) is 67.6 Å². The Hall–Kier alpha value is -4.13. The zero-order valence-corrected chi connectivity index (χ0v) is 19.2. The van der Waals surface area contributed by atoms with Gasteiger partial charge in [-0.2, -0.15) is 0 Å². The van der Waals surface area contributed by atoms with E-state index < -0.39 is 23.4 Å². The summed E-state index contributed by atoms with van der Waals surface area (Å²) in [6.07, 6.45) is 0.387. The van der Waals surface area contributed by atoms with Crippen LogP contribution in [-0.4, -0.2) is 33.9 Å². The van der Waals surface area contributed by atoms with Crippen LogP contribution in [0, 0.1) is 0 Å². The summed E-state index contributed by atoms with van der Waals surface area (Å²) in [6.45, 7) is 4.43. The van der Waals surface area contributed by atoms with Gasteiger partial charge in [-0.25, -0.2) is 4.79 Å². The molecule has 4 amide bonds. The van der Waals surface area contributed by atoms with Crippen molar-refractivity contribution in [2.45, 2.75) is 32.4 Å². The predicted octanol–water partition coefficient (Wildman–Crippen LogP) is 4.61. The minimum Gasteiger partial charge on any atom is -0.341 e. The molecule has 1 aromatic heterocycles. The van der Waals surface area contributed by atoms with E-state index in [1.54, 1.807) is 0 Å². The van der Waals surface area contributed by atoms with Crippen molar-refractivity contribution in [3.8, 4) is 0 Å². The van der Waals surface area contributed by atoms with Crippen molar-refractivity contribution in [3.05, 3.63) is 78.4 Å². The van der Waals surface area contributed by atoms with Gasteiger partial charge in [-0.15, -0.1) is 0 Å². The minimum absolute atomic E-state index is 0.353. The zero-order chi connectivity index (χ0) is 23.9. The average molecular weight is 455 g/mol. The number of anilines is 1. The molecule has 172 valence electrons. The van der Waals surface area contributed by atoms with Gasteiger partial charge in [0.1, 0.15) is 12.1 Å². The van der Waals surface area contributed by atoms with Crippen molar-refractivity contribution in [2.24, 2.45) is 0 Å². The maximum atomic E-state index is 13.3. The summed E-state index contributed by atoms with van der Waals surface area (Å²) in [4.78, 5) is 39.8. The Labute approximate surface area is 197 Å². The molecule has 3 aromatic carbocycles. The molecule has 5 rings (SSSR count). The van der Waals surface area contributed by atoms with Crippen LogP contribution < -0.4 is 10.6 Å². The van der Waals surface area contributed by atoms with Gasteiger partial charge in [0.2, 0.25) is 5.91 Å². The third-order valence-corrected chi connectivity index (χ3v) is 6.65. The fraction of sp³-hybridized carbons (Fsp3) is 0.222. The first kappa shape index (κ1) is 21.7. The largest absolute Gasteiger partial charge is 0.341 e. The monoisotopic (exact) mass is 454 g/mol. The molecule has 0 spiro atoms. The lowest BCUT2D eigenvalue weighted by Crippen LogP contribution is -2.44. The molecule has 4 aromatic rings. The summed E-state index contributed by atoms with van der Waals surface area (Å²) < 4.78 is 2.23. The molecule has 0 aliphatic carbocycles. The molecule has 34 heavy (non-hydrogen) atoms. The number of aromatic nitrogens is 1. The van der Waals surface area contributed by atoms with Crippen LogP contribution >= 0.6 is 0 Å². The molecule has 1 fully saturated rings. The summed E-state index contributed by atoms with van der Waals surface area (Å²) in [7, 11) is 0. The standard InChI is InChI=1S/C27H26N4O3/c1-3-27(18-10-6-5-7-11-18)25(33)31(26(34)29-27)17-24(32)28-19-14-15-23-21(16-19)20-12-8-9-13-22(20)30(23)4-2/h5-16H,3-4,17H2,1-2H3,(H,28,32)(H,29,34). The molecule has 0 radical (unpaired) electrons. The first-order valence-electron chi connectivity index (χ1n) is 11.5. The first-order valence-corrected chi connectivity index (χ1v) is 11.5. The molecule has 2 heterocycles. The molecular formula is C27H26N4O3. The van der Waals surface area contributed by atoms with Gasteiger partial charge >= 0.3 is 6.03 Å². The van der Waals surface area contributed by atoms with Gasteiger partial charge in [-0.3, -0.25) is 14.5 Å². The van der Waals surface area contributed by atoms with Gasteiger partial charge in [0.05, 0.1) is 0 Å². The topological polar surface area (TPSA) is 83.4 Å². The second kappa shape index (κ2) is 8.33. The van der Waals surface area contributed by atoms with Crippen molar-refractivity contribution < 1.29 is 14.4 Å². The highest BCUT2D eigenvalue weighted by molar-refractivity contribution is 6.12. The van der Waals surface area contributed by atoms with Crippen LogP contribution in [0.3, 0.4) is 0 Å². The maximum Gasteiger partial charge on any atom is 0.325 e. The molecule has 1 unspecified atom stereocenters. The molecule has 1 atom stereocenters. The first-order chi connectivity index (χ1) is 16.5. The number of carbonyl (C=O) groups is 3. The third-order valence-electron chi connectivity index (χ3n) is 6.65. The van der Waals surface area contributed by atoms with Crippen molar-refractivity contribution in [1.29, 1.82) is 0 Å². The van der Waals surface area contributed by atoms with Gasteiger partial charge in [-0.1, -0.05) is 55.5 Å². The van der Waals surface area contributed by atoms with Crippen LogP contribution in [0.1, 0.15) is 25.8 Å². The van der Waals surface area contributed by atoms with E-state index in [0.29, 0.717) is 17.7 Å². The summed E-state index contributed by atoms with van der Waals surface area (Å²) in [5.74, 6) is -0.843. The fourth-order valence-electron chi connectivity index (χ4n) is 4.95. The van der Waals surface area contributed by atoms with Gasteiger partial charge in [0.25, 0.3) is 5.91 Å². The lowest BCUT2D eigenvalue weighted by Gasteiger charge is -2.25. The Morgan fingerprint density at radius 2 is 1.62 bits per heavy atom. The number of para-hydroxylation sites is 1. The van der Waals surface area contributed by atoms with Gasteiger partial charge < -0.3 is 15.2 Å². The number of imide groups is 1. The molecule has 7 nitrogen and oxygen atoms in total. The smallest absolute Gasteiger partial charge is 0.325 e. The number of nitrogens with one attached hydrogen (secondary N) is 2. The predicted molar refractivity (Wildman–Crippen MR) is 132 cm³/mol. The summed E-state index contributed by atoms with van der Waals surface area (Å²) in [5.41, 5.74) is 2.40. The highest BCUT2D eigenvalue weighted by atomic mass is 16.2. The molecular weight excluding hydrogens is 428 g/mol. The number of urea groups is 1. The van der Waals surface area contributed by atoms with Crippen LogP contribution in [0.5, 0.6) is 0 Å². The summed E-state index contributed by atoms with van der Waals surface area (Å²) in [6, 6.07) is 22.5. The second-order valence-corrected chi connectivity index (χ2v) is 8.49. The van der Waals surface area contributed by atoms with E-state index >= 15 is 0 Å². The van der Waals surface area contributed by atoms with E-state index in [-0.39, 0.29) is 6.54 Å². The number of amides is 4. The minimum atomic E-state index is -1.15. The fourth-order valence-corrected chi connectivity index (χ4v) is 4.95. The number of aryl methyl sites for hydroxylation is 1. The number of rotatable bonds is 6. The highest BCUT2D eigenvalue weighted by Gasteiger charge is 2.51. The van der Waals surface area contributed by atoms with Gasteiger partial charge in [0, 0.05) is 34.0 Å². The summed E-state index contributed by atoms with van der Waals surface area (Å²) in [5, 5.41) is 7.82. The van der Waals surface area contributed by atoms with Crippen molar-refractivity contribution >= 4 is 45.3 Å². The molecule has 2 N–H and O–H groups in total.